The lowest BCUT2D eigenvalue weighted by Crippen LogP contribution is -2.34. The first kappa shape index (κ1) is 15.2. The molecular formula is C13H16N2O6. The summed E-state index contributed by atoms with van der Waals surface area (Å²) in [6.07, 6.45) is -0.126. The number of ether oxygens (including phenoxy) is 3. The highest BCUT2D eigenvalue weighted by Gasteiger charge is 2.19. The molecule has 0 spiro atoms. The second-order valence-electron chi connectivity index (χ2n) is 4.43. The van der Waals surface area contributed by atoms with Crippen molar-refractivity contribution in [3.05, 3.63) is 33.9 Å². The predicted octanol–water partition coefficient (Wildman–Crippen LogP) is 1.21. The number of non-ortho nitro benzene ring substituents is 1. The molecule has 0 aliphatic carbocycles. The summed E-state index contributed by atoms with van der Waals surface area (Å²) >= 11 is 0. The molecule has 1 aliphatic rings. The molecule has 2 rings (SSSR count). The Kier molecular flexibility index (Phi) is 5.07. The summed E-state index contributed by atoms with van der Waals surface area (Å²) < 4.78 is 15.4. The highest BCUT2D eigenvalue weighted by atomic mass is 16.6. The third kappa shape index (κ3) is 3.89. The van der Waals surface area contributed by atoms with Crippen LogP contribution >= 0.6 is 0 Å². The molecule has 0 amide bonds. The first-order valence-corrected chi connectivity index (χ1v) is 6.42. The highest BCUT2D eigenvalue weighted by Crippen LogP contribution is 2.23. The van der Waals surface area contributed by atoms with Crippen molar-refractivity contribution < 1.29 is 23.9 Å². The number of hydrogen-bond acceptors (Lipinski definition) is 7. The third-order valence-corrected chi connectivity index (χ3v) is 3.02. The van der Waals surface area contributed by atoms with Crippen molar-refractivity contribution in [1.82, 2.24) is 0 Å². The number of benzene rings is 1. The van der Waals surface area contributed by atoms with Crippen LogP contribution in [0.1, 0.15) is 10.4 Å². The van der Waals surface area contributed by atoms with Gasteiger partial charge in [-0.3, -0.25) is 10.1 Å². The molecule has 1 fully saturated rings. The van der Waals surface area contributed by atoms with Gasteiger partial charge in [0.15, 0.2) is 0 Å². The molecular weight excluding hydrogens is 280 g/mol. The predicted molar refractivity (Wildman–Crippen MR) is 73.5 cm³/mol. The average Bonchev–Trinajstić information content (AvgIpc) is 2.52. The number of esters is 1. The largest absolute Gasteiger partial charge is 0.465 e. The second kappa shape index (κ2) is 7.00. The summed E-state index contributed by atoms with van der Waals surface area (Å²) in [6, 6.07) is 3.99. The number of hydrogen-bond donors (Lipinski definition) is 1. The van der Waals surface area contributed by atoms with Crippen molar-refractivity contribution in [3.63, 3.8) is 0 Å². The number of anilines is 1. The Bertz CT molecular complexity index is 527. The van der Waals surface area contributed by atoms with Crippen molar-refractivity contribution in [2.24, 2.45) is 0 Å². The number of nitrogens with one attached hydrogen (secondary N) is 1. The minimum absolute atomic E-state index is 0.114. The molecule has 8 nitrogen and oxygen atoms in total. The van der Waals surface area contributed by atoms with Gasteiger partial charge in [0.2, 0.25) is 0 Å². The fourth-order valence-corrected chi connectivity index (χ4v) is 1.96. The second-order valence-corrected chi connectivity index (χ2v) is 4.43. The van der Waals surface area contributed by atoms with Gasteiger partial charge in [0.1, 0.15) is 0 Å². The SMILES string of the molecule is COC(=O)c1cc([N+](=O)[O-])ccc1NCC1COCCO1. The standard InChI is InChI=1S/C13H16N2O6/c1-19-13(16)11-6-9(15(17)18)2-3-12(11)14-7-10-8-20-4-5-21-10/h2-3,6,10,14H,4-5,7-8H2,1H3. The van der Waals surface area contributed by atoms with Crippen molar-refractivity contribution in [2.75, 3.05) is 38.8 Å². The van der Waals surface area contributed by atoms with E-state index in [4.69, 9.17) is 9.47 Å². The molecule has 1 unspecified atom stereocenters. The van der Waals surface area contributed by atoms with Crippen molar-refractivity contribution in [2.45, 2.75) is 6.10 Å². The number of rotatable bonds is 5. The van der Waals surface area contributed by atoms with E-state index in [0.29, 0.717) is 32.1 Å². The van der Waals surface area contributed by atoms with E-state index in [1.54, 1.807) is 0 Å². The molecule has 1 atom stereocenters. The molecule has 1 aliphatic heterocycles. The summed E-state index contributed by atoms with van der Waals surface area (Å²) in [7, 11) is 1.23. The monoisotopic (exact) mass is 296 g/mol. The minimum Gasteiger partial charge on any atom is -0.465 e. The quantitative estimate of drug-likeness (QED) is 0.495. The molecule has 0 bridgehead atoms. The Morgan fingerprint density at radius 1 is 1.52 bits per heavy atom. The van der Waals surface area contributed by atoms with Crippen LogP contribution < -0.4 is 5.32 Å². The van der Waals surface area contributed by atoms with Crippen molar-refractivity contribution in [3.8, 4) is 0 Å². The smallest absolute Gasteiger partial charge is 0.340 e. The van der Waals surface area contributed by atoms with E-state index >= 15 is 0 Å². The van der Waals surface area contributed by atoms with E-state index in [2.05, 4.69) is 10.1 Å². The minimum atomic E-state index is -0.637. The molecule has 1 heterocycles. The zero-order valence-corrected chi connectivity index (χ0v) is 11.5. The topological polar surface area (TPSA) is 99.9 Å². The number of nitro groups is 1. The number of nitro benzene ring substituents is 1. The van der Waals surface area contributed by atoms with Gasteiger partial charge in [-0.25, -0.2) is 4.79 Å². The van der Waals surface area contributed by atoms with Gasteiger partial charge in [-0.1, -0.05) is 0 Å². The normalized spacial score (nSPS) is 18.0. The first-order valence-electron chi connectivity index (χ1n) is 6.42. The maximum atomic E-state index is 11.7. The summed E-state index contributed by atoms with van der Waals surface area (Å²) in [6.45, 7) is 1.99. The zero-order chi connectivity index (χ0) is 15.2. The van der Waals surface area contributed by atoms with Crippen LogP contribution in [0.15, 0.2) is 18.2 Å². The Hall–Kier alpha value is -2.19. The fraction of sp³-hybridized carbons (Fsp3) is 0.462. The Morgan fingerprint density at radius 2 is 2.33 bits per heavy atom. The van der Waals surface area contributed by atoms with Gasteiger partial charge in [-0.05, 0) is 6.07 Å². The highest BCUT2D eigenvalue weighted by molar-refractivity contribution is 5.96. The average molecular weight is 296 g/mol. The third-order valence-electron chi connectivity index (χ3n) is 3.02. The number of carbonyl (C=O) groups is 1. The van der Waals surface area contributed by atoms with Crippen LogP contribution in [0.2, 0.25) is 0 Å². The van der Waals surface area contributed by atoms with Crippen LogP contribution in [0, 0.1) is 10.1 Å². The van der Waals surface area contributed by atoms with Gasteiger partial charge < -0.3 is 19.5 Å². The summed E-state index contributed by atoms with van der Waals surface area (Å²) in [5.41, 5.74) is 0.406. The molecule has 8 heteroatoms. The molecule has 0 radical (unpaired) electrons. The van der Waals surface area contributed by atoms with Crippen LogP contribution in [0.25, 0.3) is 0 Å². The molecule has 1 N–H and O–H groups in total. The van der Waals surface area contributed by atoms with Crippen LogP contribution in [0.3, 0.4) is 0 Å². The van der Waals surface area contributed by atoms with Crippen LogP contribution in [0.5, 0.6) is 0 Å². The van der Waals surface area contributed by atoms with Gasteiger partial charge in [0, 0.05) is 24.4 Å². The molecule has 1 aromatic carbocycles. The Labute approximate surface area is 121 Å². The van der Waals surface area contributed by atoms with Crippen LogP contribution in [-0.4, -0.2) is 50.5 Å². The van der Waals surface area contributed by atoms with E-state index < -0.39 is 10.9 Å². The van der Waals surface area contributed by atoms with E-state index in [1.807, 2.05) is 0 Å². The molecule has 0 saturated carbocycles. The summed E-state index contributed by atoms with van der Waals surface area (Å²) in [4.78, 5) is 21.9. The van der Waals surface area contributed by atoms with Gasteiger partial charge in [0.05, 0.1) is 43.5 Å². The van der Waals surface area contributed by atoms with Gasteiger partial charge in [0.25, 0.3) is 5.69 Å². The molecule has 21 heavy (non-hydrogen) atoms. The number of methoxy groups -OCH3 is 1. The van der Waals surface area contributed by atoms with Crippen molar-refractivity contribution >= 4 is 17.3 Å². The van der Waals surface area contributed by atoms with E-state index in [1.165, 1.54) is 25.3 Å². The lowest BCUT2D eigenvalue weighted by molar-refractivity contribution is -0.384. The molecule has 1 saturated heterocycles. The number of carbonyl (C=O) groups excluding carboxylic acids is 1. The van der Waals surface area contributed by atoms with Gasteiger partial charge >= 0.3 is 5.97 Å². The van der Waals surface area contributed by atoms with Gasteiger partial charge in [-0.15, -0.1) is 0 Å². The maximum Gasteiger partial charge on any atom is 0.340 e. The Balaban J connectivity index is 2.13. The molecule has 114 valence electrons. The summed E-state index contributed by atoms with van der Waals surface area (Å²) in [5.74, 6) is -0.637. The van der Waals surface area contributed by atoms with E-state index in [9.17, 15) is 14.9 Å². The zero-order valence-electron chi connectivity index (χ0n) is 11.5. The lowest BCUT2D eigenvalue weighted by atomic mass is 10.1. The maximum absolute atomic E-state index is 11.7. The molecule has 0 aromatic heterocycles. The molecule has 1 aromatic rings. The van der Waals surface area contributed by atoms with Crippen LogP contribution in [-0.2, 0) is 14.2 Å². The summed E-state index contributed by atoms with van der Waals surface area (Å²) in [5, 5.41) is 13.8. The number of nitrogens with zero attached hydrogens (tertiary/aromatic N) is 1. The van der Waals surface area contributed by atoms with Crippen LogP contribution in [0.4, 0.5) is 11.4 Å². The fourth-order valence-electron chi connectivity index (χ4n) is 1.96. The van der Waals surface area contributed by atoms with E-state index in [0.717, 1.165) is 0 Å². The Morgan fingerprint density at radius 3 is 2.95 bits per heavy atom. The lowest BCUT2D eigenvalue weighted by Gasteiger charge is -2.23. The first-order chi connectivity index (χ1) is 10.1. The van der Waals surface area contributed by atoms with E-state index in [-0.39, 0.29) is 17.4 Å². The van der Waals surface area contributed by atoms with Gasteiger partial charge in [-0.2, -0.15) is 0 Å². The van der Waals surface area contributed by atoms with Crippen molar-refractivity contribution in [1.29, 1.82) is 0 Å².